The molecule has 4 aromatic carbocycles. The van der Waals surface area contributed by atoms with Crippen molar-refractivity contribution in [2.45, 2.75) is 0 Å². The Morgan fingerprint density at radius 1 is 0.500 bits per heavy atom. The molecule has 186 valence electrons. The first-order valence-electron chi connectivity index (χ1n) is 11.5. The molecule has 4 N–H and O–H groups in total. The zero-order chi connectivity index (χ0) is 26.6. The van der Waals surface area contributed by atoms with Crippen molar-refractivity contribution in [1.29, 1.82) is 0 Å². The quantitative estimate of drug-likeness (QED) is 0.239. The van der Waals surface area contributed by atoms with Crippen LogP contribution in [-0.2, 0) is 0 Å². The number of aromatic hydroxyl groups is 4. The van der Waals surface area contributed by atoms with E-state index in [1.165, 1.54) is 30.7 Å². The number of hydrogen-bond donors (Lipinski definition) is 4. The fraction of sp³-hybridized carbons (Fsp3) is 0. The van der Waals surface area contributed by atoms with Crippen LogP contribution in [0.2, 0.25) is 0 Å². The number of phenols is 4. The SMILES string of the molecule is O=c1c(-c2ccc(O)c(-c3cccc(-c4coc5cc(O)cc(O)c5c4=O)c3)c2)coc2cccc(O)c12. The molecule has 0 saturated heterocycles. The van der Waals surface area contributed by atoms with E-state index in [-0.39, 0.29) is 50.3 Å². The van der Waals surface area contributed by atoms with Crippen LogP contribution in [0, 0.1) is 0 Å². The minimum absolute atomic E-state index is 0.0398. The summed E-state index contributed by atoms with van der Waals surface area (Å²) in [7, 11) is 0. The Morgan fingerprint density at radius 3 is 1.84 bits per heavy atom. The standard InChI is InChI=1S/C30H18O8/c31-18-11-24(34)28-26(12-18)38-14-20(30(28)36)16-4-1-3-15(9-16)19-10-17(7-8-22(19)32)21-13-37-25-6-2-5-23(33)27(25)29(21)35/h1-14,31-34H. The van der Waals surface area contributed by atoms with Gasteiger partial charge in [-0.25, -0.2) is 0 Å². The van der Waals surface area contributed by atoms with Gasteiger partial charge in [0.25, 0.3) is 0 Å². The highest BCUT2D eigenvalue weighted by atomic mass is 16.3. The van der Waals surface area contributed by atoms with Gasteiger partial charge in [-0.05, 0) is 47.0 Å². The molecule has 0 saturated carbocycles. The van der Waals surface area contributed by atoms with Gasteiger partial charge in [0.05, 0.1) is 11.1 Å². The molecule has 0 unspecified atom stereocenters. The minimum atomic E-state index is -0.493. The van der Waals surface area contributed by atoms with Gasteiger partial charge in [-0.1, -0.05) is 30.3 Å². The van der Waals surface area contributed by atoms with Crippen molar-refractivity contribution in [2.75, 3.05) is 0 Å². The van der Waals surface area contributed by atoms with Gasteiger partial charge >= 0.3 is 0 Å². The molecule has 0 atom stereocenters. The van der Waals surface area contributed by atoms with Crippen molar-refractivity contribution in [3.8, 4) is 56.4 Å². The second kappa shape index (κ2) is 8.56. The summed E-state index contributed by atoms with van der Waals surface area (Å²) in [6, 6.07) is 18.3. The summed E-state index contributed by atoms with van der Waals surface area (Å²) in [6.45, 7) is 0. The lowest BCUT2D eigenvalue weighted by Crippen LogP contribution is -2.05. The van der Waals surface area contributed by atoms with Crippen LogP contribution in [-0.4, -0.2) is 20.4 Å². The molecule has 0 radical (unpaired) electrons. The Labute approximate surface area is 213 Å². The van der Waals surface area contributed by atoms with Crippen LogP contribution < -0.4 is 10.9 Å². The zero-order valence-electron chi connectivity index (χ0n) is 19.5. The maximum Gasteiger partial charge on any atom is 0.204 e. The molecule has 6 rings (SSSR count). The van der Waals surface area contributed by atoms with Gasteiger partial charge in [-0.2, -0.15) is 0 Å². The topological polar surface area (TPSA) is 141 Å². The molecule has 0 spiro atoms. The van der Waals surface area contributed by atoms with Crippen molar-refractivity contribution in [3.63, 3.8) is 0 Å². The van der Waals surface area contributed by atoms with E-state index < -0.39 is 16.6 Å². The zero-order valence-corrected chi connectivity index (χ0v) is 19.5. The van der Waals surface area contributed by atoms with Crippen molar-refractivity contribution in [3.05, 3.63) is 106 Å². The normalized spacial score (nSPS) is 11.3. The lowest BCUT2D eigenvalue weighted by atomic mass is 9.95. The van der Waals surface area contributed by atoms with Crippen molar-refractivity contribution in [2.24, 2.45) is 0 Å². The van der Waals surface area contributed by atoms with Gasteiger partial charge in [0.2, 0.25) is 10.9 Å². The van der Waals surface area contributed by atoms with E-state index in [1.807, 2.05) is 0 Å². The first kappa shape index (κ1) is 22.9. The Morgan fingerprint density at radius 2 is 1.11 bits per heavy atom. The lowest BCUT2D eigenvalue weighted by Gasteiger charge is -2.11. The second-order valence-corrected chi connectivity index (χ2v) is 8.76. The average molecular weight is 506 g/mol. The fourth-order valence-corrected chi connectivity index (χ4v) is 4.56. The lowest BCUT2D eigenvalue weighted by molar-refractivity contribution is 0.452. The number of benzene rings is 4. The number of phenolic OH excluding ortho intramolecular Hbond substituents is 4. The van der Waals surface area contributed by atoms with Crippen molar-refractivity contribution in [1.82, 2.24) is 0 Å². The van der Waals surface area contributed by atoms with Crippen LogP contribution in [0.5, 0.6) is 23.0 Å². The molecule has 0 aliphatic carbocycles. The van der Waals surface area contributed by atoms with E-state index in [1.54, 1.807) is 48.5 Å². The molecule has 0 aliphatic heterocycles. The van der Waals surface area contributed by atoms with Gasteiger partial charge in [0.15, 0.2) is 0 Å². The van der Waals surface area contributed by atoms with E-state index in [2.05, 4.69) is 0 Å². The molecule has 0 bridgehead atoms. The van der Waals surface area contributed by atoms with Crippen LogP contribution >= 0.6 is 0 Å². The summed E-state index contributed by atoms with van der Waals surface area (Å²) in [4.78, 5) is 26.3. The molecule has 0 amide bonds. The molecule has 2 aromatic heterocycles. The van der Waals surface area contributed by atoms with Crippen LogP contribution in [0.15, 0.2) is 104 Å². The van der Waals surface area contributed by atoms with Crippen LogP contribution in [0.1, 0.15) is 0 Å². The van der Waals surface area contributed by atoms with Gasteiger partial charge in [-0.15, -0.1) is 0 Å². The Balaban J connectivity index is 1.49. The van der Waals surface area contributed by atoms with Crippen molar-refractivity contribution >= 4 is 21.9 Å². The predicted molar refractivity (Wildman–Crippen MR) is 141 cm³/mol. The Hall–Kier alpha value is -5.50. The molecule has 2 heterocycles. The summed E-state index contributed by atoms with van der Waals surface area (Å²) >= 11 is 0. The maximum atomic E-state index is 13.2. The number of fused-ring (bicyclic) bond motifs is 2. The summed E-state index contributed by atoms with van der Waals surface area (Å²) in [6.07, 6.45) is 2.55. The first-order valence-corrected chi connectivity index (χ1v) is 11.5. The van der Waals surface area contributed by atoms with E-state index in [0.717, 1.165) is 6.07 Å². The molecule has 8 heteroatoms. The Kier molecular flexibility index (Phi) is 5.17. The van der Waals surface area contributed by atoms with Crippen molar-refractivity contribution < 1.29 is 29.3 Å². The van der Waals surface area contributed by atoms with Crippen LogP contribution in [0.4, 0.5) is 0 Å². The van der Waals surface area contributed by atoms with Crippen LogP contribution in [0.3, 0.4) is 0 Å². The fourth-order valence-electron chi connectivity index (χ4n) is 4.56. The van der Waals surface area contributed by atoms with E-state index in [9.17, 15) is 30.0 Å². The Bertz CT molecular complexity index is 2020. The van der Waals surface area contributed by atoms with Gasteiger partial charge < -0.3 is 29.3 Å². The molecule has 0 fully saturated rings. The maximum absolute atomic E-state index is 13.2. The van der Waals surface area contributed by atoms with E-state index in [4.69, 9.17) is 8.83 Å². The average Bonchev–Trinajstić information content (AvgIpc) is 2.89. The number of hydrogen-bond acceptors (Lipinski definition) is 8. The highest BCUT2D eigenvalue weighted by Gasteiger charge is 2.17. The van der Waals surface area contributed by atoms with Gasteiger partial charge in [-0.3, -0.25) is 9.59 Å². The third-order valence-corrected chi connectivity index (χ3v) is 6.41. The molecule has 38 heavy (non-hydrogen) atoms. The third-order valence-electron chi connectivity index (χ3n) is 6.41. The molecule has 6 aromatic rings. The van der Waals surface area contributed by atoms with Gasteiger partial charge in [0.1, 0.15) is 57.5 Å². The minimum Gasteiger partial charge on any atom is -0.508 e. The highest BCUT2D eigenvalue weighted by Crippen LogP contribution is 2.36. The first-order chi connectivity index (χ1) is 18.3. The monoisotopic (exact) mass is 506 g/mol. The molecule has 0 aliphatic rings. The molecular formula is C30H18O8. The highest BCUT2D eigenvalue weighted by molar-refractivity contribution is 5.90. The molecular weight excluding hydrogens is 488 g/mol. The number of rotatable bonds is 3. The van der Waals surface area contributed by atoms with E-state index in [0.29, 0.717) is 22.3 Å². The van der Waals surface area contributed by atoms with Gasteiger partial charge in [0, 0.05) is 17.7 Å². The predicted octanol–water partition coefficient (Wildman–Crippen LogP) is 5.72. The smallest absolute Gasteiger partial charge is 0.204 e. The third kappa shape index (κ3) is 3.63. The van der Waals surface area contributed by atoms with E-state index >= 15 is 0 Å². The summed E-state index contributed by atoms with van der Waals surface area (Å²) in [5, 5.41) is 40.7. The summed E-state index contributed by atoms with van der Waals surface area (Å²) in [5.74, 6) is -0.894. The van der Waals surface area contributed by atoms with Crippen LogP contribution in [0.25, 0.3) is 55.3 Å². The molecule has 8 nitrogen and oxygen atoms in total. The summed E-state index contributed by atoms with van der Waals surface area (Å²) in [5.41, 5.74) is 1.60. The second-order valence-electron chi connectivity index (χ2n) is 8.76. The largest absolute Gasteiger partial charge is 0.508 e. The summed E-state index contributed by atoms with van der Waals surface area (Å²) < 4.78 is 11.1.